The van der Waals surface area contributed by atoms with E-state index < -0.39 is 0 Å². The lowest BCUT2D eigenvalue weighted by Crippen LogP contribution is -2.29. The van der Waals surface area contributed by atoms with Gasteiger partial charge in [-0.1, -0.05) is 37.7 Å². The third-order valence-electron chi connectivity index (χ3n) is 5.61. The summed E-state index contributed by atoms with van der Waals surface area (Å²) in [5.74, 6) is 1.46. The first kappa shape index (κ1) is 28.0. The Morgan fingerprint density at radius 1 is 1.08 bits per heavy atom. The molecule has 0 bridgehead atoms. The van der Waals surface area contributed by atoms with Crippen molar-refractivity contribution in [1.29, 1.82) is 0 Å². The number of benzene rings is 2. The van der Waals surface area contributed by atoms with Crippen LogP contribution in [0, 0.1) is 24.3 Å². The van der Waals surface area contributed by atoms with E-state index in [1.165, 1.54) is 11.8 Å². The molecule has 0 aliphatic carbocycles. The number of hydrogen-bond acceptors (Lipinski definition) is 6. The number of thioether (sulfide) groups is 1. The molecule has 0 aliphatic rings. The number of amides is 2. The highest BCUT2D eigenvalue weighted by atomic mass is 127. The molecule has 2 N–H and O–H groups in total. The summed E-state index contributed by atoms with van der Waals surface area (Å²) in [5, 5.41) is 14.7. The summed E-state index contributed by atoms with van der Waals surface area (Å²) in [6.07, 6.45) is 0. The zero-order chi connectivity index (χ0) is 26.4. The lowest BCUT2D eigenvalue weighted by molar-refractivity contribution is -0.123. The van der Waals surface area contributed by atoms with E-state index >= 15 is 0 Å². The molecule has 3 rings (SSSR count). The van der Waals surface area contributed by atoms with Gasteiger partial charge in [-0.15, -0.1) is 10.2 Å². The molecular weight excluding hydrogens is 589 g/mol. The van der Waals surface area contributed by atoms with Crippen LogP contribution in [0.5, 0.6) is 5.75 Å². The second-order valence-corrected chi connectivity index (χ2v) is 11.2. The van der Waals surface area contributed by atoms with E-state index in [0.717, 1.165) is 37.3 Å². The molecule has 192 valence electrons. The van der Waals surface area contributed by atoms with Gasteiger partial charge in [0.2, 0.25) is 5.91 Å². The smallest absolute Gasteiger partial charge is 0.258 e. The molecule has 2 amide bonds. The number of rotatable bonds is 10. The summed E-state index contributed by atoms with van der Waals surface area (Å²) in [6, 6.07) is 10.1. The first-order valence-electron chi connectivity index (χ1n) is 11.6. The highest BCUT2D eigenvalue weighted by Gasteiger charge is 2.15. The van der Waals surface area contributed by atoms with E-state index in [4.69, 9.17) is 4.74 Å². The average Bonchev–Trinajstić information content (AvgIpc) is 3.16. The topological polar surface area (TPSA) is 98.1 Å². The van der Waals surface area contributed by atoms with Crippen LogP contribution in [0.1, 0.15) is 47.8 Å². The molecule has 2 aromatic carbocycles. The second-order valence-electron chi connectivity index (χ2n) is 8.97. The normalized spacial score (nSPS) is 11.0. The summed E-state index contributed by atoms with van der Waals surface area (Å²) in [5.41, 5.74) is 5.05. The molecular formula is C26H32IN5O3S. The molecule has 1 heterocycles. The van der Waals surface area contributed by atoms with Gasteiger partial charge in [0.15, 0.2) is 17.6 Å². The maximum atomic E-state index is 12.5. The Bertz CT molecular complexity index is 1240. The minimum atomic E-state index is -0.244. The van der Waals surface area contributed by atoms with Gasteiger partial charge in [0.1, 0.15) is 5.75 Å². The molecule has 0 aliphatic heterocycles. The predicted molar refractivity (Wildman–Crippen MR) is 152 cm³/mol. The Morgan fingerprint density at radius 2 is 1.78 bits per heavy atom. The Kier molecular flexibility index (Phi) is 9.77. The largest absolute Gasteiger partial charge is 0.483 e. The van der Waals surface area contributed by atoms with Gasteiger partial charge in [-0.2, -0.15) is 0 Å². The maximum absolute atomic E-state index is 12.5. The molecule has 0 fully saturated rings. The number of aryl methyl sites for hydroxylation is 3. The van der Waals surface area contributed by atoms with Gasteiger partial charge in [0, 0.05) is 16.3 Å². The number of nitrogens with one attached hydrogen (secondary N) is 2. The van der Waals surface area contributed by atoms with Crippen LogP contribution in [-0.2, 0) is 23.2 Å². The highest BCUT2D eigenvalue weighted by molar-refractivity contribution is 14.1. The number of ether oxygens (including phenoxy) is 1. The molecule has 0 atom stereocenters. The summed E-state index contributed by atoms with van der Waals surface area (Å²) < 4.78 is 8.71. The summed E-state index contributed by atoms with van der Waals surface area (Å²) in [7, 11) is 1.81. The van der Waals surface area contributed by atoms with Gasteiger partial charge in [-0.25, -0.2) is 0 Å². The number of nitrogens with zero attached hydrogens (tertiary/aromatic N) is 3. The van der Waals surface area contributed by atoms with Gasteiger partial charge in [0.05, 0.1) is 12.3 Å². The third-order valence-corrected chi connectivity index (χ3v) is 7.26. The first-order valence-corrected chi connectivity index (χ1v) is 13.7. The van der Waals surface area contributed by atoms with E-state index in [-0.39, 0.29) is 30.7 Å². The van der Waals surface area contributed by atoms with Crippen LogP contribution in [-0.4, -0.2) is 38.9 Å². The molecule has 0 radical (unpaired) electrons. The van der Waals surface area contributed by atoms with Crippen LogP contribution >= 0.6 is 34.4 Å². The van der Waals surface area contributed by atoms with Crippen molar-refractivity contribution in [3.8, 4) is 5.75 Å². The zero-order valence-corrected chi connectivity index (χ0v) is 24.4. The standard InChI is InChI=1S/C26H32IN5O3S/c1-15(2)20-8-7-16(3)9-21(20)35-13-23(33)28-12-22-30-31-26(32(22)6)36-14-24(34)29-25-17(4)10-19(27)11-18(25)5/h7-11,15H,12-14H2,1-6H3,(H,28,33)(H,29,34). The molecule has 8 nitrogen and oxygen atoms in total. The lowest BCUT2D eigenvalue weighted by Gasteiger charge is -2.14. The Labute approximate surface area is 230 Å². The number of anilines is 1. The molecule has 0 unspecified atom stereocenters. The molecule has 0 saturated carbocycles. The van der Waals surface area contributed by atoms with E-state index in [0.29, 0.717) is 16.9 Å². The van der Waals surface area contributed by atoms with Crippen molar-refractivity contribution in [1.82, 2.24) is 20.1 Å². The molecule has 1 aromatic heterocycles. The van der Waals surface area contributed by atoms with E-state index in [9.17, 15) is 9.59 Å². The van der Waals surface area contributed by atoms with Crippen molar-refractivity contribution in [2.24, 2.45) is 7.05 Å². The van der Waals surface area contributed by atoms with Crippen molar-refractivity contribution in [2.75, 3.05) is 17.7 Å². The van der Waals surface area contributed by atoms with Crippen molar-refractivity contribution in [3.05, 3.63) is 62.0 Å². The Morgan fingerprint density at radius 3 is 2.44 bits per heavy atom. The van der Waals surface area contributed by atoms with E-state index in [1.54, 1.807) is 4.57 Å². The van der Waals surface area contributed by atoms with Gasteiger partial charge >= 0.3 is 0 Å². The quantitative estimate of drug-likeness (QED) is 0.247. The summed E-state index contributed by atoms with van der Waals surface area (Å²) in [4.78, 5) is 24.9. The Hall–Kier alpha value is -2.60. The van der Waals surface area contributed by atoms with Crippen LogP contribution in [0.15, 0.2) is 35.5 Å². The fourth-order valence-electron chi connectivity index (χ4n) is 3.65. The minimum Gasteiger partial charge on any atom is -0.483 e. The molecule has 0 spiro atoms. The van der Waals surface area contributed by atoms with Crippen LogP contribution in [0.25, 0.3) is 0 Å². The molecule has 3 aromatic rings. The third kappa shape index (κ3) is 7.45. The minimum absolute atomic E-state index is 0.0832. The van der Waals surface area contributed by atoms with Crippen molar-refractivity contribution >= 4 is 51.9 Å². The van der Waals surface area contributed by atoms with Crippen molar-refractivity contribution in [3.63, 3.8) is 0 Å². The maximum Gasteiger partial charge on any atom is 0.258 e. The predicted octanol–water partition coefficient (Wildman–Crippen LogP) is 4.89. The van der Waals surface area contributed by atoms with Crippen LogP contribution in [0.4, 0.5) is 5.69 Å². The fourth-order valence-corrected chi connectivity index (χ4v) is 5.32. The van der Waals surface area contributed by atoms with Gasteiger partial charge in [-0.3, -0.25) is 9.59 Å². The van der Waals surface area contributed by atoms with Gasteiger partial charge < -0.3 is 19.9 Å². The number of carbonyl (C=O) groups excluding carboxylic acids is 2. The fraction of sp³-hybridized carbons (Fsp3) is 0.385. The number of halogens is 1. The average molecular weight is 622 g/mol. The lowest BCUT2D eigenvalue weighted by atomic mass is 10.0. The SMILES string of the molecule is Cc1ccc(C(C)C)c(OCC(=O)NCc2nnc(SCC(=O)Nc3c(C)cc(I)cc3C)n2C)c1. The summed E-state index contributed by atoms with van der Waals surface area (Å²) >= 11 is 3.56. The van der Waals surface area contributed by atoms with Crippen LogP contribution in [0.3, 0.4) is 0 Å². The molecule has 0 saturated heterocycles. The van der Waals surface area contributed by atoms with Gasteiger partial charge in [-0.05, 0) is 89.7 Å². The van der Waals surface area contributed by atoms with Crippen molar-refractivity contribution in [2.45, 2.75) is 52.2 Å². The van der Waals surface area contributed by atoms with Crippen LogP contribution < -0.4 is 15.4 Å². The number of hydrogen-bond donors (Lipinski definition) is 2. The number of carbonyl (C=O) groups is 2. The molecule has 10 heteroatoms. The van der Waals surface area contributed by atoms with E-state index in [1.807, 2.05) is 58.2 Å². The monoisotopic (exact) mass is 621 g/mol. The second kappa shape index (κ2) is 12.6. The van der Waals surface area contributed by atoms with E-state index in [2.05, 4.69) is 57.3 Å². The Balaban J connectivity index is 1.50. The first-order chi connectivity index (χ1) is 17.0. The van der Waals surface area contributed by atoms with Gasteiger partial charge in [0.25, 0.3) is 5.91 Å². The zero-order valence-electron chi connectivity index (χ0n) is 21.4. The van der Waals surface area contributed by atoms with Crippen LogP contribution in [0.2, 0.25) is 0 Å². The van der Waals surface area contributed by atoms with Crippen molar-refractivity contribution < 1.29 is 14.3 Å². The molecule has 36 heavy (non-hydrogen) atoms. The highest BCUT2D eigenvalue weighted by Crippen LogP contribution is 2.27. The number of aromatic nitrogens is 3. The summed E-state index contributed by atoms with van der Waals surface area (Å²) in [6.45, 7) is 10.3.